The molecule has 218 valence electrons. The molecule has 0 amide bonds. The Balaban J connectivity index is 1.14. The average Bonchev–Trinajstić information content (AvgIpc) is 3.56. The highest BCUT2D eigenvalue weighted by molar-refractivity contribution is 6.00. The van der Waals surface area contributed by atoms with Gasteiger partial charge in [-0.2, -0.15) is 0 Å². The number of fused-ring (bicyclic) bond motifs is 2. The molecule has 3 N–H and O–H groups in total. The maximum atomic E-state index is 14.5. The third kappa shape index (κ3) is 4.68. The Labute approximate surface area is 245 Å². The summed E-state index contributed by atoms with van der Waals surface area (Å²) in [5, 5.41) is 4.26. The highest BCUT2D eigenvalue weighted by Gasteiger charge is 2.30. The number of hydrogen-bond donors (Lipinski definition) is 2. The summed E-state index contributed by atoms with van der Waals surface area (Å²) < 4.78 is 18.6. The Kier molecular flexibility index (Phi) is 6.82. The quantitative estimate of drug-likeness (QED) is 0.290. The molecule has 0 spiro atoms. The number of aromatic nitrogens is 5. The molecule has 0 radical (unpaired) electrons. The molecule has 10 heteroatoms. The zero-order valence-electron chi connectivity index (χ0n) is 24.5. The van der Waals surface area contributed by atoms with Crippen molar-refractivity contribution in [2.24, 2.45) is 7.05 Å². The lowest BCUT2D eigenvalue weighted by Gasteiger charge is -2.41. The molecule has 5 aromatic rings. The molecule has 2 fully saturated rings. The van der Waals surface area contributed by atoms with Crippen LogP contribution in [0.5, 0.6) is 0 Å². The van der Waals surface area contributed by atoms with E-state index in [2.05, 4.69) is 55.0 Å². The Hall–Kier alpha value is -4.02. The van der Waals surface area contributed by atoms with Gasteiger partial charge in [0.15, 0.2) is 0 Å². The largest absolute Gasteiger partial charge is 0.383 e. The van der Waals surface area contributed by atoms with Gasteiger partial charge >= 0.3 is 0 Å². The number of anilines is 3. The molecule has 0 bridgehead atoms. The maximum absolute atomic E-state index is 14.5. The Morgan fingerprint density at radius 1 is 0.905 bits per heavy atom. The van der Waals surface area contributed by atoms with Crippen LogP contribution in [0.4, 0.5) is 21.8 Å². The van der Waals surface area contributed by atoms with Gasteiger partial charge in [-0.3, -0.25) is 4.90 Å². The molecule has 7 rings (SSSR count). The monoisotopic (exact) mass is 567 g/mol. The number of nitrogens with zero attached hydrogens (tertiary/aromatic N) is 7. The zero-order chi connectivity index (χ0) is 29.0. The van der Waals surface area contributed by atoms with Gasteiger partial charge in [-0.05, 0) is 69.0 Å². The lowest BCUT2D eigenvalue weighted by molar-refractivity contribution is 0.0828. The Morgan fingerprint density at radius 2 is 1.62 bits per heavy atom. The first-order valence-electron chi connectivity index (χ1n) is 14.9. The second-order valence-corrected chi connectivity index (χ2v) is 12.0. The fourth-order valence-corrected chi connectivity index (χ4v) is 6.87. The standard InChI is InChI=1S/C32H38FN9/c1-20-4-13-26(33)29-28(20)38-32(40(29)3)37-22-7-5-21(6-8-22)25-18-42(31-27(25)30(34)35-19-36-31)24-11-9-23(10-12-24)41-16-14-39(2)15-17-41/h4-8,13,18-19,23-24H,9-12,14-17H2,1-3H3,(H,37,38)(H2,34,35,36). The number of nitrogens with one attached hydrogen (secondary N) is 1. The summed E-state index contributed by atoms with van der Waals surface area (Å²) in [6.45, 7) is 6.60. The molecule has 42 heavy (non-hydrogen) atoms. The van der Waals surface area contributed by atoms with E-state index in [4.69, 9.17) is 10.7 Å². The summed E-state index contributed by atoms with van der Waals surface area (Å²) in [7, 11) is 4.04. The lowest BCUT2D eigenvalue weighted by atomic mass is 9.89. The van der Waals surface area contributed by atoms with Gasteiger partial charge in [0.2, 0.25) is 5.95 Å². The van der Waals surface area contributed by atoms with E-state index < -0.39 is 0 Å². The molecule has 1 saturated carbocycles. The second-order valence-electron chi connectivity index (χ2n) is 12.0. The van der Waals surface area contributed by atoms with Crippen molar-refractivity contribution in [2.75, 3.05) is 44.3 Å². The number of halogens is 1. The van der Waals surface area contributed by atoms with Gasteiger partial charge in [-0.1, -0.05) is 18.2 Å². The van der Waals surface area contributed by atoms with Crippen molar-refractivity contribution in [3.05, 3.63) is 60.3 Å². The zero-order valence-corrected chi connectivity index (χ0v) is 24.5. The van der Waals surface area contributed by atoms with Crippen LogP contribution >= 0.6 is 0 Å². The molecule has 1 saturated heterocycles. The number of nitrogens with two attached hydrogens (primary N) is 1. The topological polar surface area (TPSA) is 93.1 Å². The molecule has 0 unspecified atom stereocenters. The summed E-state index contributed by atoms with van der Waals surface area (Å²) >= 11 is 0. The van der Waals surface area contributed by atoms with Gasteiger partial charge in [0, 0.05) is 62.8 Å². The van der Waals surface area contributed by atoms with Gasteiger partial charge in [-0.15, -0.1) is 0 Å². The number of likely N-dealkylation sites (N-methyl/N-ethyl adjacent to an activating group) is 1. The molecule has 2 aliphatic rings. The van der Waals surface area contributed by atoms with Crippen molar-refractivity contribution >= 4 is 39.5 Å². The number of imidazole rings is 1. The number of aryl methyl sites for hydroxylation is 2. The van der Waals surface area contributed by atoms with Crippen LogP contribution < -0.4 is 11.1 Å². The minimum atomic E-state index is -0.280. The minimum Gasteiger partial charge on any atom is -0.383 e. The normalized spacial score (nSPS) is 20.5. The predicted octanol–water partition coefficient (Wildman–Crippen LogP) is 5.49. The minimum absolute atomic E-state index is 0.280. The van der Waals surface area contributed by atoms with E-state index >= 15 is 0 Å². The summed E-state index contributed by atoms with van der Waals surface area (Å²) in [4.78, 5) is 18.8. The smallest absolute Gasteiger partial charge is 0.208 e. The average molecular weight is 568 g/mol. The third-order valence-corrected chi connectivity index (χ3v) is 9.38. The van der Waals surface area contributed by atoms with E-state index in [9.17, 15) is 4.39 Å². The number of hydrogen-bond acceptors (Lipinski definition) is 7. The Morgan fingerprint density at radius 3 is 2.33 bits per heavy atom. The van der Waals surface area contributed by atoms with Crippen LogP contribution in [0, 0.1) is 12.7 Å². The van der Waals surface area contributed by atoms with E-state index in [1.165, 1.54) is 32.0 Å². The van der Waals surface area contributed by atoms with E-state index in [1.54, 1.807) is 17.0 Å². The van der Waals surface area contributed by atoms with E-state index in [0.29, 0.717) is 34.9 Å². The second kappa shape index (κ2) is 10.7. The SMILES string of the molecule is Cc1ccc(F)c2c1nc(Nc1ccc(-c3cn(C4CCC(N5CCN(C)CC5)CC4)c4ncnc(N)c34)cc1)n2C. The predicted molar refractivity (Wildman–Crippen MR) is 166 cm³/mol. The fourth-order valence-electron chi connectivity index (χ4n) is 6.87. The van der Waals surface area contributed by atoms with Crippen molar-refractivity contribution in [1.82, 2.24) is 33.9 Å². The molecule has 2 aromatic carbocycles. The van der Waals surface area contributed by atoms with Gasteiger partial charge in [0.25, 0.3) is 0 Å². The fraction of sp³-hybridized carbons (Fsp3) is 0.406. The number of piperazine rings is 1. The van der Waals surface area contributed by atoms with Crippen LogP contribution in [-0.4, -0.2) is 73.2 Å². The lowest BCUT2D eigenvalue weighted by Crippen LogP contribution is -2.49. The summed E-state index contributed by atoms with van der Waals surface area (Å²) in [5.74, 6) is 0.810. The molecular formula is C32H38FN9. The molecule has 4 heterocycles. The van der Waals surface area contributed by atoms with Crippen molar-refractivity contribution in [3.8, 4) is 11.1 Å². The Bertz CT molecular complexity index is 1740. The van der Waals surface area contributed by atoms with Crippen LogP contribution in [-0.2, 0) is 7.05 Å². The molecule has 1 aliphatic carbocycles. The van der Waals surface area contributed by atoms with Crippen molar-refractivity contribution in [2.45, 2.75) is 44.7 Å². The molecule has 9 nitrogen and oxygen atoms in total. The summed E-state index contributed by atoms with van der Waals surface area (Å²) in [6, 6.07) is 12.5. The van der Waals surface area contributed by atoms with Gasteiger partial charge in [0.05, 0.1) is 10.9 Å². The first-order chi connectivity index (χ1) is 20.4. The first-order valence-corrected chi connectivity index (χ1v) is 14.9. The highest BCUT2D eigenvalue weighted by atomic mass is 19.1. The van der Waals surface area contributed by atoms with Crippen LogP contribution in [0.25, 0.3) is 33.2 Å². The van der Waals surface area contributed by atoms with Gasteiger partial charge < -0.3 is 25.1 Å². The first kappa shape index (κ1) is 26.9. The third-order valence-electron chi connectivity index (χ3n) is 9.38. The molecular weight excluding hydrogens is 529 g/mol. The van der Waals surface area contributed by atoms with E-state index in [-0.39, 0.29) is 5.82 Å². The number of rotatable bonds is 5. The van der Waals surface area contributed by atoms with Crippen molar-refractivity contribution in [3.63, 3.8) is 0 Å². The molecule has 3 aromatic heterocycles. The van der Waals surface area contributed by atoms with Crippen molar-refractivity contribution < 1.29 is 4.39 Å². The number of nitrogen functional groups attached to an aromatic ring is 1. The van der Waals surface area contributed by atoms with E-state index in [1.807, 2.05) is 26.1 Å². The van der Waals surface area contributed by atoms with Crippen molar-refractivity contribution in [1.29, 1.82) is 0 Å². The van der Waals surface area contributed by atoms with E-state index in [0.717, 1.165) is 59.3 Å². The van der Waals surface area contributed by atoms with Crippen LogP contribution in [0.3, 0.4) is 0 Å². The summed E-state index contributed by atoms with van der Waals surface area (Å²) in [6.07, 6.45) is 8.46. The molecule has 0 atom stereocenters. The van der Waals surface area contributed by atoms with Crippen LogP contribution in [0.2, 0.25) is 0 Å². The maximum Gasteiger partial charge on any atom is 0.208 e. The van der Waals surface area contributed by atoms with Gasteiger partial charge in [0.1, 0.15) is 29.1 Å². The van der Waals surface area contributed by atoms with Gasteiger partial charge in [-0.25, -0.2) is 19.3 Å². The molecule has 1 aliphatic heterocycles. The summed E-state index contributed by atoms with van der Waals surface area (Å²) in [5.41, 5.74) is 12.4. The van der Waals surface area contributed by atoms with Crippen LogP contribution in [0.1, 0.15) is 37.3 Å². The van der Waals surface area contributed by atoms with Crippen LogP contribution in [0.15, 0.2) is 48.9 Å². The highest BCUT2D eigenvalue weighted by Crippen LogP contribution is 2.39. The number of benzene rings is 2.